The summed E-state index contributed by atoms with van der Waals surface area (Å²) in [5, 5.41) is 5.17. The third-order valence-electron chi connectivity index (χ3n) is 5.73. The van der Waals surface area contributed by atoms with Gasteiger partial charge in [-0.1, -0.05) is 35.3 Å². The minimum Gasteiger partial charge on any atom is -0.322 e. The lowest BCUT2D eigenvalue weighted by Gasteiger charge is -2.25. The molecule has 1 aromatic heterocycles. The number of nitrogens with one attached hydrogen (secondary N) is 1. The Morgan fingerprint density at radius 3 is 2.77 bits per heavy atom. The first-order valence-corrected chi connectivity index (χ1v) is 12.3. The van der Waals surface area contributed by atoms with Gasteiger partial charge in [0.15, 0.2) is 0 Å². The molecular formula is C19H23Cl2N5O3S. The van der Waals surface area contributed by atoms with Crippen LogP contribution in [0.2, 0.25) is 10.0 Å². The Morgan fingerprint density at radius 1 is 1.23 bits per heavy atom. The summed E-state index contributed by atoms with van der Waals surface area (Å²) in [5.41, 5.74) is 1.33. The second kappa shape index (κ2) is 8.03. The van der Waals surface area contributed by atoms with Gasteiger partial charge in [0.2, 0.25) is 10.0 Å². The summed E-state index contributed by atoms with van der Waals surface area (Å²) in [6.07, 6.45) is 5.72. The Kier molecular flexibility index (Phi) is 5.73. The fraction of sp³-hybridized carbons (Fsp3) is 0.474. The normalized spacial score (nSPS) is 22.2. The van der Waals surface area contributed by atoms with Crippen LogP contribution in [0.15, 0.2) is 30.6 Å². The largest absolute Gasteiger partial charge is 0.344 e. The van der Waals surface area contributed by atoms with E-state index in [-0.39, 0.29) is 17.1 Å². The van der Waals surface area contributed by atoms with Crippen molar-refractivity contribution in [2.24, 2.45) is 5.41 Å². The second-order valence-electron chi connectivity index (χ2n) is 8.18. The maximum atomic E-state index is 12.8. The van der Waals surface area contributed by atoms with E-state index in [1.807, 2.05) is 12.1 Å². The molecule has 11 heteroatoms. The topological polar surface area (TPSA) is 87.5 Å². The lowest BCUT2D eigenvalue weighted by molar-refractivity contribution is 0.196. The molecule has 0 saturated carbocycles. The fourth-order valence-corrected chi connectivity index (χ4v) is 5.26. The number of carbonyl (C=O) groups is 1. The molecule has 30 heavy (non-hydrogen) atoms. The van der Waals surface area contributed by atoms with Crippen LogP contribution in [0.4, 0.5) is 10.5 Å². The summed E-state index contributed by atoms with van der Waals surface area (Å²) in [6.45, 7) is 3.86. The molecule has 2 aromatic rings. The van der Waals surface area contributed by atoms with Crippen molar-refractivity contribution in [3.63, 3.8) is 0 Å². The Labute approximate surface area is 185 Å². The third-order valence-corrected chi connectivity index (χ3v) is 7.20. The van der Waals surface area contributed by atoms with Crippen LogP contribution >= 0.6 is 23.2 Å². The first kappa shape index (κ1) is 21.4. The van der Waals surface area contributed by atoms with Gasteiger partial charge in [-0.05, 0) is 31.0 Å². The van der Waals surface area contributed by atoms with Crippen molar-refractivity contribution >= 4 is 44.9 Å². The summed E-state index contributed by atoms with van der Waals surface area (Å²) in [6, 6.07) is 5.43. The van der Waals surface area contributed by atoms with Gasteiger partial charge in [-0.15, -0.1) is 0 Å². The van der Waals surface area contributed by atoms with Gasteiger partial charge in [-0.3, -0.25) is 9.62 Å². The van der Waals surface area contributed by atoms with E-state index >= 15 is 0 Å². The molecule has 1 amide bonds. The van der Waals surface area contributed by atoms with Crippen LogP contribution in [-0.2, 0) is 16.6 Å². The Hall–Kier alpha value is -1.81. The molecule has 1 aromatic carbocycles. The Bertz CT molecular complexity index is 1070. The summed E-state index contributed by atoms with van der Waals surface area (Å²) < 4.78 is 26.2. The van der Waals surface area contributed by atoms with E-state index in [1.54, 1.807) is 11.0 Å². The van der Waals surface area contributed by atoms with Crippen LogP contribution in [0.1, 0.15) is 18.4 Å². The standard InChI is InChI=1S/C19H23Cl2N5O3S/c1-30(28,29)23-15-9-22-26(11-15)18(27)25-8-6-19(13-25)5-7-24(12-19)10-14-3-2-4-16(20)17(14)21/h2-4,9,11,23H,5-8,10,12-13H2,1H3. The molecule has 0 bridgehead atoms. The highest BCUT2D eigenvalue weighted by atomic mass is 35.5. The van der Waals surface area contributed by atoms with Crippen molar-refractivity contribution in [1.82, 2.24) is 19.6 Å². The Morgan fingerprint density at radius 2 is 2.00 bits per heavy atom. The molecule has 1 spiro atoms. The number of amides is 1. The maximum absolute atomic E-state index is 12.8. The molecule has 162 valence electrons. The van der Waals surface area contributed by atoms with Gasteiger partial charge in [0, 0.05) is 31.6 Å². The highest BCUT2D eigenvalue weighted by Crippen LogP contribution is 2.40. The number of nitrogens with zero attached hydrogens (tertiary/aromatic N) is 4. The van der Waals surface area contributed by atoms with Crippen molar-refractivity contribution in [3.05, 3.63) is 46.2 Å². The third kappa shape index (κ3) is 4.59. The van der Waals surface area contributed by atoms with E-state index in [9.17, 15) is 13.2 Å². The van der Waals surface area contributed by atoms with Crippen LogP contribution in [-0.4, -0.2) is 66.5 Å². The lowest BCUT2D eigenvalue weighted by Crippen LogP contribution is -2.36. The van der Waals surface area contributed by atoms with Crippen LogP contribution in [0.3, 0.4) is 0 Å². The van der Waals surface area contributed by atoms with Crippen molar-refractivity contribution < 1.29 is 13.2 Å². The number of sulfonamides is 1. The average molecular weight is 472 g/mol. The predicted molar refractivity (Wildman–Crippen MR) is 116 cm³/mol. The van der Waals surface area contributed by atoms with Gasteiger partial charge < -0.3 is 4.90 Å². The molecule has 2 saturated heterocycles. The van der Waals surface area contributed by atoms with E-state index in [0.29, 0.717) is 23.1 Å². The molecule has 8 nitrogen and oxygen atoms in total. The minimum atomic E-state index is -3.42. The molecular weight excluding hydrogens is 449 g/mol. The zero-order chi connectivity index (χ0) is 21.5. The number of carbonyl (C=O) groups excluding carboxylic acids is 1. The molecule has 4 rings (SSSR count). The van der Waals surface area contributed by atoms with Gasteiger partial charge in [0.1, 0.15) is 0 Å². The van der Waals surface area contributed by atoms with Crippen molar-refractivity contribution in [3.8, 4) is 0 Å². The highest BCUT2D eigenvalue weighted by Gasteiger charge is 2.45. The van der Waals surface area contributed by atoms with E-state index in [4.69, 9.17) is 23.2 Å². The number of anilines is 1. The van der Waals surface area contributed by atoms with E-state index in [1.165, 1.54) is 17.1 Å². The van der Waals surface area contributed by atoms with Gasteiger partial charge in [-0.25, -0.2) is 13.2 Å². The number of benzene rings is 1. The highest BCUT2D eigenvalue weighted by molar-refractivity contribution is 7.92. The van der Waals surface area contributed by atoms with E-state index < -0.39 is 10.0 Å². The zero-order valence-electron chi connectivity index (χ0n) is 16.5. The maximum Gasteiger partial charge on any atom is 0.344 e. The van der Waals surface area contributed by atoms with Crippen LogP contribution in [0.25, 0.3) is 0 Å². The van der Waals surface area contributed by atoms with Crippen LogP contribution < -0.4 is 4.72 Å². The predicted octanol–water partition coefficient (Wildman–Crippen LogP) is 3.13. The summed E-state index contributed by atoms with van der Waals surface area (Å²) in [5.74, 6) is 0. The molecule has 1 N–H and O–H groups in total. The first-order valence-electron chi connectivity index (χ1n) is 9.61. The number of hydrogen-bond acceptors (Lipinski definition) is 5. The molecule has 1 unspecified atom stereocenters. The quantitative estimate of drug-likeness (QED) is 0.739. The fourth-order valence-electron chi connectivity index (χ4n) is 4.34. The van der Waals surface area contributed by atoms with Crippen molar-refractivity contribution in [2.45, 2.75) is 19.4 Å². The summed E-state index contributed by atoms with van der Waals surface area (Å²) >= 11 is 12.5. The number of halogens is 2. The Balaban J connectivity index is 1.38. The van der Waals surface area contributed by atoms with Crippen LogP contribution in [0.5, 0.6) is 0 Å². The van der Waals surface area contributed by atoms with Crippen LogP contribution in [0, 0.1) is 5.41 Å². The van der Waals surface area contributed by atoms with Gasteiger partial charge in [0.25, 0.3) is 0 Å². The molecule has 3 heterocycles. The average Bonchev–Trinajstić information content (AvgIpc) is 3.39. The summed E-state index contributed by atoms with van der Waals surface area (Å²) in [4.78, 5) is 17.0. The first-order chi connectivity index (χ1) is 14.1. The number of hydrogen-bond donors (Lipinski definition) is 1. The summed E-state index contributed by atoms with van der Waals surface area (Å²) in [7, 11) is -3.42. The molecule has 1 atom stereocenters. The van der Waals surface area contributed by atoms with Gasteiger partial charge >= 0.3 is 6.03 Å². The smallest absolute Gasteiger partial charge is 0.322 e. The van der Waals surface area contributed by atoms with Crippen molar-refractivity contribution in [2.75, 3.05) is 37.2 Å². The lowest BCUT2D eigenvalue weighted by atomic mass is 9.86. The molecule has 2 fully saturated rings. The zero-order valence-corrected chi connectivity index (χ0v) is 18.8. The number of aromatic nitrogens is 2. The van der Waals surface area contributed by atoms with Gasteiger partial charge in [-0.2, -0.15) is 9.78 Å². The SMILES string of the molecule is CS(=O)(=O)Nc1cnn(C(=O)N2CCC3(CCN(Cc4cccc(Cl)c4Cl)C3)C2)c1. The van der Waals surface area contributed by atoms with Gasteiger partial charge in [0.05, 0.1) is 34.4 Å². The number of likely N-dealkylation sites (tertiary alicyclic amines) is 2. The minimum absolute atomic E-state index is 0.0572. The second-order valence-corrected chi connectivity index (χ2v) is 10.7. The monoisotopic (exact) mass is 471 g/mol. The molecule has 0 radical (unpaired) electrons. The molecule has 2 aliphatic heterocycles. The molecule has 2 aliphatic rings. The molecule has 0 aliphatic carbocycles. The number of rotatable bonds is 4. The van der Waals surface area contributed by atoms with Crippen molar-refractivity contribution in [1.29, 1.82) is 0 Å². The van der Waals surface area contributed by atoms with E-state index in [0.717, 1.165) is 44.3 Å². The van der Waals surface area contributed by atoms with E-state index in [2.05, 4.69) is 14.7 Å².